The van der Waals surface area contributed by atoms with Crippen LogP contribution in [0.2, 0.25) is 0 Å². The summed E-state index contributed by atoms with van der Waals surface area (Å²) < 4.78 is 0. The minimum atomic E-state index is 0.618. The lowest BCUT2D eigenvalue weighted by molar-refractivity contribution is 0.750. The summed E-state index contributed by atoms with van der Waals surface area (Å²) in [6, 6.07) is 15.6. The average Bonchev–Trinajstić information content (AvgIpc) is 2.56. The lowest BCUT2D eigenvalue weighted by atomic mass is 9.91. The van der Waals surface area contributed by atoms with Gasteiger partial charge in [-0.2, -0.15) is 0 Å². The number of allylic oxidation sites excluding steroid dienone is 1. The Kier molecular flexibility index (Phi) is 1.81. The van der Waals surface area contributed by atoms with Gasteiger partial charge in [-0.3, -0.25) is 0 Å². The van der Waals surface area contributed by atoms with E-state index in [0.717, 1.165) is 0 Å². The van der Waals surface area contributed by atoms with Crippen molar-refractivity contribution in [3.8, 4) is 11.1 Å². The van der Waals surface area contributed by atoms with Crippen LogP contribution in [0.3, 0.4) is 0 Å². The molecule has 2 aliphatic rings. The Balaban J connectivity index is 2.09. The molecular weight excluding hydrogens is 204 g/mol. The zero-order valence-corrected chi connectivity index (χ0v) is 9.69. The van der Waals surface area contributed by atoms with E-state index < -0.39 is 0 Å². The Morgan fingerprint density at radius 3 is 2.76 bits per heavy atom. The molecule has 1 atom stereocenters. The summed E-state index contributed by atoms with van der Waals surface area (Å²) in [5, 5.41) is 0. The summed E-state index contributed by atoms with van der Waals surface area (Å²) in [5.74, 6) is 0.618. The Morgan fingerprint density at radius 1 is 0.882 bits per heavy atom. The predicted octanol–water partition coefficient (Wildman–Crippen LogP) is 4.61. The van der Waals surface area contributed by atoms with Gasteiger partial charge in [0.25, 0.3) is 0 Å². The maximum atomic E-state index is 2.32. The van der Waals surface area contributed by atoms with Gasteiger partial charge < -0.3 is 0 Å². The minimum absolute atomic E-state index is 0.618. The van der Waals surface area contributed by atoms with Crippen LogP contribution in [0.25, 0.3) is 17.2 Å². The van der Waals surface area contributed by atoms with Crippen LogP contribution in [-0.4, -0.2) is 0 Å². The average molecular weight is 218 g/mol. The summed E-state index contributed by atoms with van der Waals surface area (Å²) >= 11 is 0. The number of hydrogen-bond donors (Lipinski definition) is 0. The topological polar surface area (TPSA) is 0 Å². The quantitative estimate of drug-likeness (QED) is 0.606. The molecule has 17 heavy (non-hydrogen) atoms. The molecule has 0 amide bonds. The first-order chi connectivity index (χ1) is 8.45. The van der Waals surface area contributed by atoms with Gasteiger partial charge in [0, 0.05) is 5.92 Å². The van der Waals surface area contributed by atoms with Crippen molar-refractivity contribution < 1.29 is 0 Å². The fraction of sp³-hybridized carbons (Fsp3) is 0.176. The molecule has 0 fully saturated rings. The minimum Gasteiger partial charge on any atom is -0.0839 e. The third kappa shape index (κ3) is 1.18. The number of fused-ring (bicyclic) bond motifs is 3. The molecule has 0 heteroatoms. The molecule has 2 aromatic rings. The number of rotatable bonds is 0. The molecule has 1 unspecified atom stereocenters. The van der Waals surface area contributed by atoms with Crippen molar-refractivity contribution in [2.45, 2.75) is 18.8 Å². The Labute approximate surface area is 102 Å². The maximum absolute atomic E-state index is 2.32. The van der Waals surface area contributed by atoms with Crippen molar-refractivity contribution in [1.82, 2.24) is 0 Å². The maximum Gasteiger partial charge on any atom is 0.0110 e. The molecule has 2 aliphatic carbocycles. The second-order valence-corrected chi connectivity index (χ2v) is 4.93. The summed E-state index contributed by atoms with van der Waals surface area (Å²) in [7, 11) is 0. The summed E-state index contributed by atoms with van der Waals surface area (Å²) in [4.78, 5) is 0. The molecule has 0 saturated heterocycles. The Morgan fingerprint density at radius 2 is 1.76 bits per heavy atom. The van der Waals surface area contributed by atoms with Gasteiger partial charge in [0.15, 0.2) is 0 Å². The second kappa shape index (κ2) is 3.33. The van der Waals surface area contributed by atoms with Crippen LogP contribution < -0.4 is 0 Å². The van der Waals surface area contributed by atoms with Crippen molar-refractivity contribution in [1.29, 1.82) is 0 Å². The first-order valence-corrected chi connectivity index (χ1v) is 6.34. The highest BCUT2D eigenvalue weighted by molar-refractivity contribution is 5.83. The predicted molar refractivity (Wildman–Crippen MR) is 72.0 cm³/mol. The van der Waals surface area contributed by atoms with E-state index in [1.807, 2.05) is 0 Å². The second-order valence-electron chi connectivity index (χ2n) is 4.93. The van der Waals surface area contributed by atoms with E-state index in [-0.39, 0.29) is 0 Å². The van der Waals surface area contributed by atoms with E-state index in [4.69, 9.17) is 0 Å². The molecule has 0 aliphatic heterocycles. The Bertz CT molecular complexity index is 620. The van der Waals surface area contributed by atoms with Crippen LogP contribution in [0.1, 0.15) is 35.4 Å². The van der Waals surface area contributed by atoms with Gasteiger partial charge in [-0.05, 0) is 40.7 Å². The monoisotopic (exact) mass is 218 g/mol. The van der Waals surface area contributed by atoms with Crippen LogP contribution in [-0.2, 0) is 0 Å². The molecule has 0 aromatic heterocycles. The van der Waals surface area contributed by atoms with Crippen molar-refractivity contribution in [2.24, 2.45) is 0 Å². The van der Waals surface area contributed by atoms with Crippen molar-refractivity contribution in [3.05, 3.63) is 65.2 Å². The van der Waals surface area contributed by atoms with Crippen molar-refractivity contribution >= 4 is 6.08 Å². The van der Waals surface area contributed by atoms with E-state index in [9.17, 15) is 0 Å². The lowest BCUT2D eigenvalue weighted by Gasteiger charge is -2.12. The third-order valence-corrected chi connectivity index (χ3v) is 4.03. The highest BCUT2D eigenvalue weighted by atomic mass is 14.3. The van der Waals surface area contributed by atoms with E-state index >= 15 is 0 Å². The largest absolute Gasteiger partial charge is 0.0839 e. The fourth-order valence-electron chi connectivity index (χ4n) is 3.33. The van der Waals surface area contributed by atoms with E-state index in [1.165, 1.54) is 35.1 Å². The van der Waals surface area contributed by atoms with Crippen molar-refractivity contribution in [3.63, 3.8) is 0 Å². The molecule has 0 N–H and O–H groups in total. The van der Waals surface area contributed by atoms with Crippen LogP contribution in [0.5, 0.6) is 0 Å². The SMILES string of the molecule is C1=Cc2cccc3c2C(CC1)c1ccccc1-3. The molecular formula is C17H14. The molecule has 0 heterocycles. The van der Waals surface area contributed by atoms with Crippen LogP contribution in [0, 0.1) is 0 Å². The molecule has 2 aromatic carbocycles. The fourth-order valence-corrected chi connectivity index (χ4v) is 3.33. The van der Waals surface area contributed by atoms with Crippen LogP contribution in [0.4, 0.5) is 0 Å². The molecule has 0 radical (unpaired) electrons. The number of hydrogen-bond acceptors (Lipinski definition) is 0. The molecule has 0 spiro atoms. The smallest absolute Gasteiger partial charge is 0.0110 e. The first-order valence-electron chi connectivity index (χ1n) is 6.34. The summed E-state index contributed by atoms with van der Waals surface area (Å²) in [6.07, 6.45) is 7.05. The van der Waals surface area contributed by atoms with Gasteiger partial charge in [-0.15, -0.1) is 0 Å². The molecule has 0 nitrogen and oxygen atoms in total. The van der Waals surface area contributed by atoms with Gasteiger partial charge in [0.05, 0.1) is 0 Å². The highest BCUT2D eigenvalue weighted by Gasteiger charge is 2.29. The summed E-state index contributed by atoms with van der Waals surface area (Å²) in [6.45, 7) is 0. The van der Waals surface area contributed by atoms with Gasteiger partial charge >= 0.3 is 0 Å². The van der Waals surface area contributed by atoms with Gasteiger partial charge in [0.2, 0.25) is 0 Å². The zero-order chi connectivity index (χ0) is 11.2. The lowest BCUT2D eigenvalue weighted by Crippen LogP contribution is -1.96. The molecule has 0 bridgehead atoms. The van der Waals surface area contributed by atoms with Gasteiger partial charge in [-0.25, -0.2) is 0 Å². The zero-order valence-electron chi connectivity index (χ0n) is 9.69. The molecule has 82 valence electrons. The van der Waals surface area contributed by atoms with Gasteiger partial charge in [0.1, 0.15) is 0 Å². The van der Waals surface area contributed by atoms with Crippen LogP contribution in [0.15, 0.2) is 48.5 Å². The van der Waals surface area contributed by atoms with Crippen molar-refractivity contribution in [2.75, 3.05) is 0 Å². The normalized spacial score (nSPS) is 19.6. The Hall–Kier alpha value is -1.82. The molecule has 4 rings (SSSR count). The van der Waals surface area contributed by atoms with Crippen LogP contribution >= 0.6 is 0 Å². The highest BCUT2D eigenvalue weighted by Crippen LogP contribution is 2.49. The van der Waals surface area contributed by atoms with E-state index in [2.05, 4.69) is 54.6 Å². The standard InChI is InChI=1S/C17H14/c1-2-10-15-13-8-3-4-9-14(13)16-11-5-7-12(6-1)17(15)16/h1,3-9,11,15H,2,10H2. The third-order valence-electron chi connectivity index (χ3n) is 4.03. The van der Waals surface area contributed by atoms with E-state index in [0.29, 0.717) is 5.92 Å². The van der Waals surface area contributed by atoms with E-state index in [1.54, 1.807) is 5.56 Å². The van der Waals surface area contributed by atoms with Gasteiger partial charge in [-0.1, -0.05) is 54.6 Å². The molecule has 0 saturated carbocycles. The number of benzene rings is 2. The first kappa shape index (κ1) is 9.23. The summed E-state index contributed by atoms with van der Waals surface area (Å²) in [5.41, 5.74) is 7.40.